The van der Waals surface area contributed by atoms with Crippen molar-refractivity contribution in [3.8, 4) is 5.75 Å². The minimum atomic E-state index is -0.482. The van der Waals surface area contributed by atoms with Gasteiger partial charge >= 0.3 is 0 Å². The molecule has 0 aromatic heterocycles. The van der Waals surface area contributed by atoms with Crippen LogP contribution in [0.4, 0.5) is 0 Å². The van der Waals surface area contributed by atoms with E-state index < -0.39 is 5.91 Å². The average Bonchev–Trinajstić information content (AvgIpc) is 2.55. The monoisotopic (exact) mass is 312 g/mol. The molecule has 2 aromatic carbocycles. The SMILES string of the molecule is Cc1ccccc1OCCC(=O)NCc1cccc(C(N)=O)c1. The molecule has 5 heteroatoms. The predicted octanol–water partition coefficient (Wildman–Crippen LogP) is 2.18. The Bertz CT molecular complexity index is 698. The maximum atomic E-state index is 11.8. The quantitative estimate of drug-likeness (QED) is 0.822. The van der Waals surface area contributed by atoms with Crippen LogP contribution in [0.1, 0.15) is 27.9 Å². The number of amides is 2. The van der Waals surface area contributed by atoms with Crippen molar-refractivity contribution in [3.63, 3.8) is 0 Å². The summed E-state index contributed by atoms with van der Waals surface area (Å²) in [5, 5.41) is 2.79. The molecule has 0 aliphatic rings. The summed E-state index contributed by atoms with van der Waals surface area (Å²) in [6.07, 6.45) is 0.268. The third kappa shape index (κ3) is 5.14. The topological polar surface area (TPSA) is 81.4 Å². The van der Waals surface area contributed by atoms with E-state index >= 15 is 0 Å². The fourth-order valence-corrected chi connectivity index (χ4v) is 2.10. The van der Waals surface area contributed by atoms with E-state index in [0.29, 0.717) is 18.7 Å². The molecule has 0 spiro atoms. The van der Waals surface area contributed by atoms with Gasteiger partial charge in [-0.2, -0.15) is 0 Å². The maximum absolute atomic E-state index is 11.8. The summed E-state index contributed by atoms with van der Waals surface area (Å²) in [5.41, 5.74) is 7.53. The van der Waals surface area contributed by atoms with Crippen LogP contribution in [0.15, 0.2) is 48.5 Å². The van der Waals surface area contributed by atoms with Gasteiger partial charge in [0.15, 0.2) is 0 Å². The summed E-state index contributed by atoms with van der Waals surface area (Å²) in [6, 6.07) is 14.6. The lowest BCUT2D eigenvalue weighted by molar-refractivity contribution is -0.121. The molecule has 0 fully saturated rings. The second-order valence-electron chi connectivity index (χ2n) is 5.21. The summed E-state index contributed by atoms with van der Waals surface area (Å²) in [5.74, 6) is 0.197. The van der Waals surface area contributed by atoms with Gasteiger partial charge < -0.3 is 15.8 Å². The highest BCUT2D eigenvalue weighted by atomic mass is 16.5. The fourth-order valence-electron chi connectivity index (χ4n) is 2.10. The van der Waals surface area contributed by atoms with E-state index in [9.17, 15) is 9.59 Å². The number of ether oxygens (including phenoxy) is 1. The van der Waals surface area contributed by atoms with Gasteiger partial charge in [-0.05, 0) is 36.2 Å². The first-order valence-electron chi connectivity index (χ1n) is 7.40. The Morgan fingerprint density at radius 2 is 1.91 bits per heavy atom. The lowest BCUT2D eigenvalue weighted by Crippen LogP contribution is -2.24. The number of nitrogens with two attached hydrogens (primary N) is 1. The van der Waals surface area contributed by atoms with Crippen LogP contribution in [0.2, 0.25) is 0 Å². The molecule has 0 saturated carbocycles. The molecule has 2 aromatic rings. The van der Waals surface area contributed by atoms with Crippen LogP contribution >= 0.6 is 0 Å². The van der Waals surface area contributed by atoms with Gasteiger partial charge in [0.05, 0.1) is 13.0 Å². The number of carbonyl (C=O) groups is 2. The Balaban J connectivity index is 1.76. The standard InChI is InChI=1S/C18H20N2O3/c1-13-5-2-3-8-16(13)23-10-9-17(21)20-12-14-6-4-7-15(11-14)18(19)22/h2-8,11H,9-10,12H2,1H3,(H2,19,22)(H,20,21). The molecule has 23 heavy (non-hydrogen) atoms. The Morgan fingerprint density at radius 1 is 1.13 bits per heavy atom. The number of benzene rings is 2. The van der Waals surface area contributed by atoms with Crippen molar-refractivity contribution in [2.75, 3.05) is 6.61 Å². The minimum Gasteiger partial charge on any atom is -0.493 e. The zero-order valence-electron chi connectivity index (χ0n) is 13.0. The van der Waals surface area contributed by atoms with Crippen LogP contribution in [0.5, 0.6) is 5.75 Å². The van der Waals surface area contributed by atoms with Gasteiger partial charge in [-0.25, -0.2) is 0 Å². The fraction of sp³-hybridized carbons (Fsp3) is 0.222. The van der Waals surface area contributed by atoms with Crippen molar-refractivity contribution in [1.82, 2.24) is 5.32 Å². The highest BCUT2D eigenvalue weighted by Gasteiger charge is 2.05. The summed E-state index contributed by atoms with van der Waals surface area (Å²) in [7, 11) is 0. The molecule has 5 nitrogen and oxygen atoms in total. The largest absolute Gasteiger partial charge is 0.493 e. The van der Waals surface area contributed by atoms with Crippen LogP contribution < -0.4 is 15.8 Å². The molecule has 0 saturated heterocycles. The van der Waals surface area contributed by atoms with Crippen LogP contribution in [0.25, 0.3) is 0 Å². The van der Waals surface area contributed by atoms with Gasteiger partial charge in [0.25, 0.3) is 0 Å². The van der Waals surface area contributed by atoms with Crippen LogP contribution in [0.3, 0.4) is 0 Å². The normalized spacial score (nSPS) is 10.1. The third-order valence-corrected chi connectivity index (χ3v) is 3.38. The van der Waals surface area contributed by atoms with E-state index in [2.05, 4.69) is 5.32 Å². The summed E-state index contributed by atoms with van der Waals surface area (Å²) >= 11 is 0. The number of hydrogen-bond acceptors (Lipinski definition) is 3. The van der Waals surface area contributed by atoms with E-state index in [1.807, 2.05) is 37.3 Å². The van der Waals surface area contributed by atoms with E-state index in [0.717, 1.165) is 16.9 Å². The number of aryl methyl sites for hydroxylation is 1. The first-order valence-corrected chi connectivity index (χ1v) is 7.40. The molecule has 0 bridgehead atoms. The number of hydrogen-bond donors (Lipinski definition) is 2. The zero-order valence-corrected chi connectivity index (χ0v) is 13.0. The molecule has 0 unspecified atom stereocenters. The molecule has 0 aliphatic heterocycles. The smallest absolute Gasteiger partial charge is 0.248 e. The summed E-state index contributed by atoms with van der Waals surface area (Å²) < 4.78 is 5.59. The third-order valence-electron chi connectivity index (χ3n) is 3.38. The second-order valence-corrected chi connectivity index (χ2v) is 5.21. The van der Waals surface area contributed by atoms with E-state index in [4.69, 9.17) is 10.5 Å². The molecule has 0 radical (unpaired) electrons. The van der Waals surface area contributed by atoms with Crippen molar-refractivity contribution >= 4 is 11.8 Å². The van der Waals surface area contributed by atoms with E-state index in [1.54, 1.807) is 18.2 Å². The highest BCUT2D eigenvalue weighted by molar-refractivity contribution is 5.92. The molecule has 2 amide bonds. The van der Waals surface area contributed by atoms with Crippen molar-refractivity contribution in [2.24, 2.45) is 5.73 Å². The summed E-state index contributed by atoms with van der Waals surface area (Å²) in [6.45, 7) is 2.63. The molecule has 2 rings (SSSR count). The van der Waals surface area contributed by atoms with Crippen molar-refractivity contribution in [1.29, 1.82) is 0 Å². The second kappa shape index (κ2) is 7.98. The molecule has 0 aliphatic carbocycles. The maximum Gasteiger partial charge on any atom is 0.248 e. The summed E-state index contributed by atoms with van der Waals surface area (Å²) in [4.78, 5) is 22.9. The number of para-hydroxylation sites is 1. The molecule has 0 atom stereocenters. The molecular weight excluding hydrogens is 292 g/mol. The first-order chi connectivity index (χ1) is 11.1. The first kappa shape index (κ1) is 16.5. The Morgan fingerprint density at radius 3 is 2.65 bits per heavy atom. The number of primary amides is 1. The van der Waals surface area contributed by atoms with Gasteiger partial charge in [0.2, 0.25) is 11.8 Å². The van der Waals surface area contributed by atoms with Crippen molar-refractivity contribution in [2.45, 2.75) is 19.9 Å². The van der Waals surface area contributed by atoms with Crippen LogP contribution in [-0.4, -0.2) is 18.4 Å². The molecule has 3 N–H and O–H groups in total. The Kier molecular flexibility index (Phi) is 5.74. The molecular formula is C18H20N2O3. The number of rotatable bonds is 7. The number of carbonyl (C=O) groups excluding carboxylic acids is 2. The molecule has 120 valence electrons. The van der Waals surface area contributed by atoms with Crippen LogP contribution in [-0.2, 0) is 11.3 Å². The highest BCUT2D eigenvalue weighted by Crippen LogP contribution is 2.16. The van der Waals surface area contributed by atoms with Gasteiger partial charge in [0.1, 0.15) is 5.75 Å². The van der Waals surface area contributed by atoms with Crippen molar-refractivity contribution < 1.29 is 14.3 Å². The minimum absolute atomic E-state index is 0.108. The van der Waals surface area contributed by atoms with Gasteiger partial charge in [-0.1, -0.05) is 30.3 Å². The molecule has 0 heterocycles. The lowest BCUT2D eigenvalue weighted by atomic mass is 10.1. The Labute approximate surface area is 135 Å². The van der Waals surface area contributed by atoms with E-state index in [-0.39, 0.29) is 12.3 Å². The van der Waals surface area contributed by atoms with Gasteiger partial charge in [0, 0.05) is 12.1 Å². The van der Waals surface area contributed by atoms with Crippen molar-refractivity contribution in [3.05, 3.63) is 65.2 Å². The average molecular weight is 312 g/mol. The van der Waals surface area contributed by atoms with Gasteiger partial charge in [-0.3, -0.25) is 9.59 Å². The van der Waals surface area contributed by atoms with Crippen LogP contribution in [0, 0.1) is 6.92 Å². The zero-order chi connectivity index (χ0) is 16.7. The Hall–Kier alpha value is -2.82. The number of nitrogens with one attached hydrogen (secondary N) is 1. The van der Waals surface area contributed by atoms with Gasteiger partial charge in [-0.15, -0.1) is 0 Å². The van der Waals surface area contributed by atoms with E-state index in [1.165, 1.54) is 0 Å². The predicted molar refractivity (Wildman–Crippen MR) is 88.1 cm³/mol. The lowest BCUT2D eigenvalue weighted by Gasteiger charge is -2.09.